The van der Waals surface area contributed by atoms with E-state index in [2.05, 4.69) is 60.0 Å². The molecule has 1 fully saturated rings. The number of ether oxygens (including phenoxy) is 1. The zero-order chi connectivity index (χ0) is 19.8. The van der Waals surface area contributed by atoms with E-state index >= 15 is 0 Å². The van der Waals surface area contributed by atoms with Crippen LogP contribution in [0.1, 0.15) is 30.0 Å². The van der Waals surface area contributed by atoms with Crippen LogP contribution in [0.5, 0.6) is 0 Å². The summed E-state index contributed by atoms with van der Waals surface area (Å²) in [4.78, 5) is 17.6. The number of nitrogens with zero attached hydrogens (tertiary/aromatic N) is 2. The van der Waals surface area contributed by atoms with Gasteiger partial charge in [-0.25, -0.2) is 0 Å². The van der Waals surface area contributed by atoms with Crippen LogP contribution in [0.15, 0.2) is 54.6 Å². The molecule has 0 bridgehead atoms. The van der Waals surface area contributed by atoms with Crippen LogP contribution in [0.3, 0.4) is 0 Å². The van der Waals surface area contributed by atoms with Crippen LogP contribution in [0, 0.1) is 6.92 Å². The lowest BCUT2D eigenvalue weighted by Crippen LogP contribution is -2.48. The van der Waals surface area contributed by atoms with Gasteiger partial charge in [0, 0.05) is 38.6 Å². The average Bonchev–Trinajstić information content (AvgIpc) is 2.73. The Bertz CT molecular complexity index is 724. The molecule has 0 N–H and O–H groups in total. The SMILES string of the molecule is Cc1ccc(CCC(=O)N(Cc2ccccc2)C(C)CN2CCOCC2)cc1. The van der Waals surface area contributed by atoms with Gasteiger partial charge in [0.1, 0.15) is 0 Å². The molecule has 0 saturated carbocycles. The summed E-state index contributed by atoms with van der Waals surface area (Å²) in [5.41, 5.74) is 3.65. The molecule has 2 aromatic rings. The van der Waals surface area contributed by atoms with Gasteiger partial charge in [-0.05, 0) is 31.4 Å². The molecule has 0 spiro atoms. The number of morpholine rings is 1. The van der Waals surface area contributed by atoms with Crippen molar-refractivity contribution in [3.8, 4) is 0 Å². The molecule has 3 rings (SSSR count). The van der Waals surface area contributed by atoms with Crippen LogP contribution in [0.4, 0.5) is 0 Å². The Morgan fingerprint density at radius 3 is 2.39 bits per heavy atom. The molecule has 1 saturated heterocycles. The van der Waals surface area contributed by atoms with Gasteiger partial charge in [0.15, 0.2) is 0 Å². The van der Waals surface area contributed by atoms with E-state index in [0.29, 0.717) is 13.0 Å². The maximum atomic E-state index is 13.2. The van der Waals surface area contributed by atoms with E-state index in [0.717, 1.165) is 39.3 Å². The van der Waals surface area contributed by atoms with Gasteiger partial charge in [-0.3, -0.25) is 9.69 Å². The summed E-state index contributed by atoms with van der Waals surface area (Å²) < 4.78 is 5.46. The Morgan fingerprint density at radius 2 is 1.71 bits per heavy atom. The first-order chi connectivity index (χ1) is 13.6. The second-order valence-electron chi connectivity index (χ2n) is 7.75. The molecule has 150 valence electrons. The molecule has 4 nitrogen and oxygen atoms in total. The standard InChI is InChI=1S/C24H32N2O2/c1-20-8-10-22(11-9-20)12-13-24(27)26(19-23-6-4-3-5-7-23)21(2)18-25-14-16-28-17-15-25/h3-11,21H,12-19H2,1-2H3. The average molecular weight is 381 g/mol. The van der Waals surface area contributed by atoms with Crippen molar-refractivity contribution in [1.82, 2.24) is 9.80 Å². The van der Waals surface area contributed by atoms with E-state index in [-0.39, 0.29) is 11.9 Å². The Balaban J connectivity index is 1.64. The molecule has 1 unspecified atom stereocenters. The molecule has 2 aromatic carbocycles. The lowest BCUT2D eigenvalue weighted by molar-refractivity contribution is -0.134. The summed E-state index contributed by atoms with van der Waals surface area (Å²) in [6.07, 6.45) is 1.33. The third-order valence-electron chi connectivity index (χ3n) is 5.42. The number of hydrogen-bond acceptors (Lipinski definition) is 3. The highest BCUT2D eigenvalue weighted by Gasteiger charge is 2.23. The zero-order valence-electron chi connectivity index (χ0n) is 17.1. The fraction of sp³-hybridized carbons (Fsp3) is 0.458. The van der Waals surface area contributed by atoms with E-state index in [4.69, 9.17) is 4.74 Å². The van der Waals surface area contributed by atoms with Crippen molar-refractivity contribution >= 4 is 5.91 Å². The number of hydrogen-bond donors (Lipinski definition) is 0. The Labute approximate surface area is 169 Å². The highest BCUT2D eigenvalue weighted by atomic mass is 16.5. The topological polar surface area (TPSA) is 32.8 Å². The molecule has 0 radical (unpaired) electrons. The van der Waals surface area contributed by atoms with Gasteiger partial charge in [-0.2, -0.15) is 0 Å². The molecule has 1 heterocycles. The predicted molar refractivity (Wildman–Crippen MR) is 113 cm³/mol. The van der Waals surface area contributed by atoms with E-state index in [9.17, 15) is 4.79 Å². The lowest BCUT2D eigenvalue weighted by Gasteiger charge is -2.35. The van der Waals surface area contributed by atoms with Gasteiger partial charge >= 0.3 is 0 Å². The normalized spacial score (nSPS) is 15.9. The number of benzene rings is 2. The van der Waals surface area contributed by atoms with Gasteiger partial charge in [-0.1, -0.05) is 60.2 Å². The maximum Gasteiger partial charge on any atom is 0.223 e. The van der Waals surface area contributed by atoms with Crippen LogP contribution < -0.4 is 0 Å². The highest BCUT2D eigenvalue weighted by Crippen LogP contribution is 2.14. The summed E-state index contributed by atoms with van der Waals surface area (Å²) in [5, 5.41) is 0. The summed E-state index contributed by atoms with van der Waals surface area (Å²) in [7, 11) is 0. The summed E-state index contributed by atoms with van der Waals surface area (Å²) in [6.45, 7) is 9.28. The fourth-order valence-corrected chi connectivity index (χ4v) is 3.68. The van der Waals surface area contributed by atoms with Crippen LogP contribution in [-0.4, -0.2) is 54.6 Å². The van der Waals surface area contributed by atoms with E-state index in [1.54, 1.807) is 0 Å². The summed E-state index contributed by atoms with van der Waals surface area (Å²) in [6, 6.07) is 18.9. The first-order valence-electron chi connectivity index (χ1n) is 10.3. The second-order valence-corrected chi connectivity index (χ2v) is 7.75. The number of carbonyl (C=O) groups is 1. The number of amides is 1. The highest BCUT2D eigenvalue weighted by molar-refractivity contribution is 5.76. The molecule has 1 aliphatic rings. The minimum atomic E-state index is 0.170. The van der Waals surface area contributed by atoms with Crippen LogP contribution >= 0.6 is 0 Å². The third kappa shape index (κ3) is 6.18. The lowest BCUT2D eigenvalue weighted by atomic mass is 10.1. The molecular weight excluding hydrogens is 348 g/mol. The molecule has 4 heteroatoms. The number of rotatable bonds is 8. The Morgan fingerprint density at radius 1 is 1.04 bits per heavy atom. The fourth-order valence-electron chi connectivity index (χ4n) is 3.68. The Kier molecular flexibility index (Phi) is 7.63. The van der Waals surface area contributed by atoms with Crippen molar-refractivity contribution in [3.63, 3.8) is 0 Å². The third-order valence-corrected chi connectivity index (χ3v) is 5.42. The van der Waals surface area contributed by atoms with Crippen molar-refractivity contribution in [2.24, 2.45) is 0 Å². The van der Waals surface area contributed by atoms with Crippen molar-refractivity contribution < 1.29 is 9.53 Å². The molecule has 1 amide bonds. The molecule has 1 aliphatic heterocycles. The van der Waals surface area contributed by atoms with Crippen LogP contribution in [0.2, 0.25) is 0 Å². The van der Waals surface area contributed by atoms with Gasteiger partial charge in [0.05, 0.1) is 13.2 Å². The van der Waals surface area contributed by atoms with E-state index < -0.39 is 0 Å². The van der Waals surface area contributed by atoms with Crippen molar-refractivity contribution in [2.75, 3.05) is 32.8 Å². The van der Waals surface area contributed by atoms with Gasteiger partial charge in [0.2, 0.25) is 5.91 Å². The van der Waals surface area contributed by atoms with Gasteiger partial charge < -0.3 is 9.64 Å². The largest absolute Gasteiger partial charge is 0.379 e. The predicted octanol–water partition coefficient (Wildman–Crippen LogP) is 3.68. The van der Waals surface area contributed by atoms with Crippen LogP contribution in [-0.2, 0) is 22.5 Å². The summed E-state index contributed by atoms with van der Waals surface area (Å²) in [5.74, 6) is 0.227. The quantitative estimate of drug-likeness (QED) is 0.700. The van der Waals surface area contributed by atoms with E-state index in [1.807, 2.05) is 18.2 Å². The first kappa shape index (κ1) is 20.6. The minimum absolute atomic E-state index is 0.170. The van der Waals surface area contributed by atoms with E-state index in [1.165, 1.54) is 16.7 Å². The maximum absolute atomic E-state index is 13.2. The second kappa shape index (κ2) is 10.4. The molecule has 1 atom stereocenters. The first-order valence-corrected chi connectivity index (χ1v) is 10.3. The zero-order valence-corrected chi connectivity index (χ0v) is 17.1. The van der Waals surface area contributed by atoms with Gasteiger partial charge in [0.25, 0.3) is 0 Å². The van der Waals surface area contributed by atoms with Crippen molar-refractivity contribution in [3.05, 3.63) is 71.3 Å². The summed E-state index contributed by atoms with van der Waals surface area (Å²) >= 11 is 0. The number of aryl methyl sites for hydroxylation is 2. The monoisotopic (exact) mass is 380 g/mol. The molecule has 0 aromatic heterocycles. The van der Waals surface area contributed by atoms with Gasteiger partial charge in [-0.15, -0.1) is 0 Å². The Hall–Kier alpha value is -2.17. The smallest absolute Gasteiger partial charge is 0.223 e. The van der Waals surface area contributed by atoms with Crippen LogP contribution in [0.25, 0.3) is 0 Å². The van der Waals surface area contributed by atoms with Crippen molar-refractivity contribution in [1.29, 1.82) is 0 Å². The molecule has 28 heavy (non-hydrogen) atoms. The molecule has 0 aliphatic carbocycles. The molecular formula is C24H32N2O2. The van der Waals surface area contributed by atoms with Crippen molar-refractivity contribution in [2.45, 2.75) is 39.3 Å². The minimum Gasteiger partial charge on any atom is -0.379 e. The number of carbonyl (C=O) groups excluding carboxylic acids is 1.